The summed E-state index contributed by atoms with van der Waals surface area (Å²) in [5.74, 6) is -0.0242. The van der Waals surface area contributed by atoms with Crippen molar-refractivity contribution in [1.29, 1.82) is 5.26 Å². The molecule has 1 amide bonds. The van der Waals surface area contributed by atoms with E-state index in [0.29, 0.717) is 12.1 Å². The quantitative estimate of drug-likeness (QED) is 0.771. The van der Waals surface area contributed by atoms with E-state index in [4.69, 9.17) is 0 Å². The van der Waals surface area contributed by atoms with E-state index in [1.165, 1.54) is 35.4 Å². The second-order valence-corrected chi connectivity index (χ2v) is 9.35. The van der Waals surface area contributed by atoms with Gasteiger partial charge >= 0.3 is 0 Å². The lowest BCUT2D eigenvalue weighted by molar-refractivity contribution is -0.885. The second-order valence-electron chi connectivity index (χ2n) is 8.25. The van der Waals surface area contributed by atoms with Crippen LogP contribution in [0.2, 0.25) is 0 Å². The number of nitrogens with zero attached hydrogens (tertiary/aromatic N) is 2. The third-order valence-corrected chi connectivity index (χ3v) is 7.12. The number of hydrogen-bond acceptors (Lipinski definition) is 4. The van der Waals surface area contributed by atoms with Crippen LogP contribution >= 0.6 is 11.3 Å². The van der Waals surface area contributed by atoms with Gasteiger partial charge in [-0.25, -0.2) is 0 Å². The monoisotopic (exact) mass is 409 g/mol. The topological polar surface area (TPSA) is 60.6 Å². The summed E-state index contributed by atoms with van der Waals surface area (Å²) in [4.78, 5) is 17.4. The van der Waals surface area contributed by atoms with Crippen LogP contribution in [0.1, 0.15) is 47.3 Å². The van der Waals surface area contributed by atoms with E-state index in [9.17, 15) is 10.1 Å². The van der Waals surface area contributed by atoms with Crippen LogP contribution in [0, 0.1) is 11.3 Å². The van der Waals surface area contributed by atoms with E-state index < -0.39 is 0 Å². The van der Waals surface area contributed by atoms with Crippen molar-refractivity contribution in [2.45, 2.75) is 45.1 Å². The van der Waals surface area contributed by atoms with Crippen molar-refractivity contribution in [2.24, 2.45) is 0 Å². The molecule has 1 aliphatic heterocycles. The fourth-order valence-electron chi connectivity index (χ4n) is 4.44. The molecule has 1 saturated heterocycles. The number of nitriles is 1. The van der Waals surface area contributed by atoms with Gasteiger partial charge in [0.1, 0.15) is 17.6 Å². The lowest BCUT2D eigenvalue weighted by Gasteiger charge is -2.28. The summed E-state index contributed by atoms with van der Waals surface area (Å²) in [5, 5.41) is 13.2. The Morgan fingerprint density at radius 1 is 1.17 bits per heavy atom. The Hall–Kier alpha value is -2.36. The molecule has 6 heteroatoms. The van der Waals surface area contributed by atoms with Gasteiger partial charge in [-0.05, 0) is 56.2 Å². The molecular formula is C23H29N4OS+. The predicted molar refractivity (Wildman–Crippen MR) is 118 cm³/mol. The Morgan fingerprint density at radius 2 is 1.93 bits per heavy atom. The van der Waals surface area contributed by atoms with Crippen LogP contribution in [-0.4, -0.2) is 32.6 Å². The number of amides is 1. The molecule has 4 rings (SSSR count). The molecule has 0 saturated carbocycles. The molecule has 1 aromatic heterocycles. The summed E-state index contributed by atoms with van der Waals surface area (Å²) < 4.78 is 0. The highest BCUT2D eigenvalue weighted by molar-refractivity contribution is 7.16. The molecule has 0 radical (unpaired) electrons. The average molecular weight is 410 g/mol. The van der Waals surface area contributed by atoms with Gasteiger partial charge in [-0.2, -0.15) is 5.26 Å². The van der Waals surface area contributed by atoms with E-state index in [0.717, 1.165) is 54.4 Å². The molecule has 2 aromatic rings. The zero-order chi connectivity index (χ0) is 20.2. The zero-order valence-corrected chi connectivity index (χ0v) is 17.9. The largest absolute Gasteiger partial charge is 0.372 e. The van der Waals surface area contributed by atoms with Gasteiger partial charge in [0.15, 0.2) is 6.54 Å². The SMILES string of the molecule is C[NH+](CC(=O)Nc1sc2c(c1C#N)CCC2)Cc1ccc(N2CCCCC2)cc1. The molecule has 0 spiro atoms. The van der Waals surface area contributed by atoms with Crippen LogP contribution in [-0.2, 0) is 24.2 Å². The number of thiophene rings is 1. The molecule has 0 bridgehead atoms. The molecule has 1 aliphatic carbocycles. The maximum Gasteiger partial charge on any atom is 0.280 e. The van der Waals surface area contributed by atoms with E-state index >= 15 is 0 Å². The third-order valence-electron chi connectivity index (χ3n) is 5.91. The number of carbonyl (C=O) groups excluding carboxylic acids is 1. The van der Waals surface area contributed by atoms with Gasteiger partial charge in [0.05, 0.1) is 12.6 Å². The first-order valence-corrected chi connectivity index (χ1v) is 11.5. The smallest absolute Gasteiger partial charge is 0.280 e. The summed E-state index contributed by atoms with van der Waals surface area (Å²) in [7, 11) is 2.04. The number of carbonyl (C=O) groups is 1. The number of anilines is 2. The number of fused-ring (bicyclic) bond motifs is 1. The van der Waals surface area contributed by atoms with Crippen LogP contribution in [0.15, 0.2) is 24.3 Å². The van der Waals surface area contributed by atoms with Gasteiger partial charge in [0.25, 0.3) is 5.91 Å². The molecule has 2 heterocycles. The van der Waals surface area contributed by atoms with E-state index in [1.54, 1.807) is 11.3 Å². The summed E-state index contributed by atoms with van der Waals surface area (Å²) >= 11 is 1.58. The number of benzene rings is 1. The molecule has 1 atom stereocenters. The maximum absolute atomic E-state index is 12.5. The Kier molecular flexibility index (Phi) is 6.17. The molecule has 29 heavy (non-hydrogen) atoms. The number of rotatable bonds is 6. The fourth-order valence-corrected chi connectivity index (χ4v) is 5.70. The van der Waals surface area contributed by atoms with Gasteiger partial charge in [-0.15, -0.1) is 11.3 Å². The number of nitrogens with one attached hydrogen (secondary N) is 2. The normalized spacial score (nSPS) is 16.9. The highest BCUT2D eigenvalue weighted by Gasteiger charge is 2.23. The maximum atomic E-state index is 12.5. The zero-order valence-electron chi connectivity index (χ0n) is 17.1. The van der Waals surface area contributed by atoms with Gasteiger partial charge in [0.2, 0.25) is 0 Å². The lowest BCUT2D eigenvalue weighted by atomic mass is 10.1. The van der Waals surface area contributed by atoms with Crippen LogP contribution in [0.25, 0.3) is 0 Å². The van der Waals surface area contributed by atoms with Gasteiger partial charge in [-0.1, -0.05) is 12.1 Å². The number of piperidine rings is 1. The number of quaternary nitrogens is 1. The molecule has 1 aromatic carbocycles. The summed E-state index contributed by atoms with van der Waals surface area (Å²) in [6.07, 6.45) is 7.02. The van der Waals surface area contributed by atoms with Crippen molar-refractivity contribution in [3.05, 3.63) is 45.8 Å². The molecule has 152 valence electrons. The summed E-state index contributed by atoms with van der Waals surface area (Å²) in [6.45, 7) is 3.50. The molecule has 2 N–H and O–H groups in total. The summed E-state index contributed by atoms with van der Waals surface area (Å²) in [6, 6.07) is 11.1. The number of aryl methyl sites for hydroxylation is 1. The Bertz CT molecular complexity index is 906. The fraction of sp³-hybridized carbons (Fsp3) is 0.478. The minimum Gasteiger partial charge on any atom is -0.372 e. The Morgan fingerprint density at radius 3 is 2.66 bits per heavy atom. The van der Waals surface area contributed by atoms with Crippen LogP contribution in [0.5, 0.6) is 0 Å². The minimum absolute atomic E-state index is 0.0242. The Labute approximate surface area is 176 Å². The summed E-state index contributed by atoms with van der Waals surface area (Å²) in [5.41, 5.74) is 4.38. The first kappa shape index (κ1) is 19.9. The van der Waals surface area contributed by atoms with Crippen LogP contribution in [0.3, 0.4) is 0 Å². The standard InChI is InChI=1S/C23H28N4OS/c1-26(15-17-8-10-18(11-9-17)27-12-3-2-4-13-27)16-22(28)25-23-20(14-24)19-6-5-7-21(19)29-23/h8-11H,2-7,12-13,15-16H2,1H3,(H,25,28)/p+1. The van der Waals surface area contributed by atoms with Crippen molar-refractivity contribution in [1.82, 2.24) is 0 Å². The van der Waals surface area contributed by atoms with Crippen LogP contribution in [0.4, 0.5) is 10.7 Å². The van der Waals surface area contributed by atoms with Crippen molar-refractivity contribution in [2.75, 3.05) is 36.9 Å². The Balaban J connectivity index is 1.31. The van der Waals surface area contributed by atoms with Crippen LogP contribution < -0.4 is 15.1 Å². The minimum atomic E-state index is -0.0242. The van der Waals surface area contributed by atoms with Gasteiger partial charge in [-0.3, -0.25) is 4.79 Å². The molecule has 5 nitrogen and oxygen atoms in total. The lowest BCUT2D eigenvalue weighted by Crippen LogP contribution is -3.08. The molecule has 2 aliphatic rings. The molecule has 1 fully saturated rings. The van der Waals surface area contributed by atoms with E-state index in [-0.39, 0.29) is 5.91 Å². The molecule has 1 unspecified atom stereocenters. The average Bonchev–Trinajstić information content (AvgIpc) is 3.29. The van der Waals surface area contributed by atoms with Crippen molar-refractivity contribution in [3.8, 4) is 6.07 Å². The molecular weight excluding hydrogens is 380 g/mol. The number of hydrogen-bond donors (Lipinski definition) is 2. The highest BCUT2D eigenvalue weighted by atomic mass is 32.1. The first-order chi connectivity index (χ1) is 14.1. The highest BCUT2D eigenvalue weighted by Crippen LogP contribution is 2.38. The first-order valence-electron chi connectivity index (χ1n) is 10.6. The third kappa shape index (κ3) is 4.63. The van der Waals surface area contributed by atoms with Crippen molar-refractivity contribution < 1.29 is 9.69 Å². The van der Waals surface area contributed by atoms with Crippen molar-refractivity contribution in [3.63, 3.8) is 0 Å². The van der Waals surface area contributed by atoms with Gasteiger partial charge in [0, 0.05) is 29.2 Å². The van der Waals surface area contributed by atoms with E-state index in [1.807, 2.05) is 7.05 Å². The van der Waals surface area contributed by atoms with E-state index in [2.05, 4.69) is 40.6 Å². The van der Waals surface area contributed by atoms with Crippen molar-refractivity contribution >= 4 is 27.9 Å². The predicted octanol–water partition coefficient (Wildman–Crippen LogP) is 2.75. The van der Waals surface area contributed by atoms with Gasteiger partial charge < -0.3 is 15.1 Å². The number of likely N-dealkylation sites (N-methyl/N-ethyl adjacent to an activating group) is 1. The second kappa shape index (κ2) is 8.98.